The molecule has 0 radical (unpaired) electrons. The van der Waals surface area contributed by atoms with Crippen LogP contribution in [0.3, 0.4) is 0 Å². The Bertz CT molecular complexity index is 756. The fourth-order valence-electron chi connectivity index (χ4n) is 3.03. The number of hydrogen-bond acceptors (Lipinski definition) is 6. The summed E-state index contributed by atoms with van der Waals surface area (Å²) in [5.74, 6) is 0.396. The van der Waals surface area contributed by atoms with Gasteiger partial charge >= 0.3 is 5.88 Å². The molecule has 23 heavy (non-hydrogen) atoms. The van der Waals surface area contributed by atoms with Crippen molar-refractivity contribution in [2.24, 2.45) is 0 Å². The predicted molar refractivity (Wildman–Crippen MR) is 83.9 cm³/mol. The maximum atomic E-state index is 10.7. The van der Waals surface area contributed by atoms with E-state index in [4.69, 9.17) is 4.42 Å². The zero-order valence-corrected chi connectivity index (χ0v) is 12.3. The Labute approximate surface area is 132 Å². The standard InChI is InChI=1S/C16H16N4O3/c21-20(22)16-7-6-14(23-16)12-8-9-19-15(17-12)10-13(18-19)11-4-2-1-3-5-11/h1-7,10,12,15,17-18H,8-9H2. The zero-order chi connectivity index (χ0) is 15.8. The van der Waals surface area contributed by atoms with Gasteiger partial charge in [0.2, 0.25) is 0 Å². The highest BCUT2D eigenvalue weighted by Gasteiger charge is 2.33. The van der Waals surface area contributed by atoms with E-state index in [1.807, 2.05) is 18.2 Å². The van der Waals surface area contributed by atoms with E-state index in [-0.39, 0.29) is 18.1 Å². The molecule has 2 aliphatic rings. The highest BCUT2D eigenvalue weighted by molar-refractivity contribution is 5.65. The lowest BCUT2D eigenvalue weighted by Crippen LogP contribution is -2.52. The zero-order valence-electron chi connectivity index (χ0n) is 12.3. The maximum absolute atomic E-state index is 10.7. The quantitative estimate of drug-likeness (QED) is 0.669. The molecule has 4 rings (SSSR count). The monoisotopic (exact) mass is 312 g/mol. The van der Waals surface area contributed by atoms with Crippen molar-refractivity contribution in [3.05, 3.63) is 70.0 Å². The third-order valence-electron chi connectivity index (χ3n) is 4.18. The topological polar surface area (TPSA) is 83.6 Å². The van der Waals surface area contributed by atoms with Gasteiger partial charge in [0.25, 0.3) is 0 Å². The van der Waals surface area contributed by atoms with Gasteiger partial charge in [-0.15, -0.1) is 0 Å². The Hall–Kier alpha value is -2.64. The van der Waals surface area contributed by atoms with Crippen LogP contribution < -0.4 is 10.7 Å². The molecule has 2 N–H and O–H groups in total. The van der Waals surface area contributed by atoms with E-state index in [9.17, 15) is 10.1 Å². The summed E-state index contributed by atoms with van der Waals surface area (Å²) < 4.78 is 5.32. The number of nitro groups is 1. The van der Waals surface area contributed by atoms with Crippen molar-refractivity contribution in [1.82, 2.24) is 15.8 Å². The average Bonchev–Trinajstić information content (AvgIpc) is 3.22. The molecule has 0 spiro atoms. The second-order valence-corrected chi connectivity index (χ2v) is 5.64. The molecule has 0 amide bonds. The van der Waals surface area contributed by atoms with Crippen LogP contribution in [-0.2, 0) is 0 Å². The number of nitrogens with one attached hydrogen (secondary N) is 2. The lowest BCUT2D eigenvalue weighted by molar-refractivity contribution is -0.402. The molecular formula is C16H16N4O3. The molecular weight excluding hydrogens is 296 g/mol. The summed E-state index contributed by atoms with van der Waals surface area (Å²) in [5, 5.41) is 16.3. The Morgan fingerprint density at radius 2 is 2.04 bits per heavy atom. The van der Waals surface area contributed by atoms with Gasteiger partial charge in [0.15, 0.2) is 0 Å². The lowest BCUT2D eigenvalue weighted by atomic mass is 10.1. The summed E-state index contributed by atoms with van der Waals surface area (Å²) in [7, 11) is 0. The number of nitrogens with zero attached hydrogens (tertiary/aromatic N) is 2. The van der Waals surface area contributed by atoms with Gasteiger partial charge in [0.1, 0.15) is 10.7 Å². The third-order valence-corrected chi connectivity index (χ3v) is 4.18. The minimum atomic E-state index is -0.511. The van der Waals surface area contributed by atoms with E-state index < -0.39 is 4.92 Å². The summed E-state index contributed by atoms with van der Waals surface area (Å²) in [5.41, 5.74) is 5.60. The van der Waals surface area contributed by atoms with Gasteiger partial charge < -0.3 is 9.84 Å². The largest absolute Gasteiger partial charge is 0.433 e. The van der Waals surface area contributed by atoms with E-state index in [0.717, 1.165) is 24.2 Å². The van der Waals surface area contributed by atoms with Crippen LogP contribution in [0.15, 0.2) is 53.0 Å². The summed E-state index contributed by atoms with van der Waals surface area (Å²) in [6, 6.07) is 13.2. The molecule has 3 heterocycles. The molecule has 118 valence electrons. The second kappa shape index (κ2) is 5.53. The Kier molecular flexibility index (Phi) is 3.36. The van der Waals surface area contributed by atoms with Crippen molar-refractivity contribution >= 4 is 11.6 Å². The molecule has 2 aromatic rings. The SMILES string of the molecule is O=[N+]([O-])c1ccc(C2CCN3NC(c4ccccc4)=CC3N2)o1. The molecule has 0 saturated carbocycles. The number of rotatable bonds is 3. The van der Waals surface area contributed by atoms with Crippen LogP contribution >= 0.6 is 0 Å². The van der Waals surface area contributed by atoms with Crippen molar-refractivity contribution in [2.75, 3.05) is 6.54 Å². The fourth-order valence-corrected chi connectivity index (χ4v) is 3.03. The van der Waals surface area contributed by atoms with Crippen LogP contribution in [0.25, 0.3) is 5.70 Å². The third kappa shape index (κ3) is 2.60. The number of fused-ring (bicyclic) bond motifs is 1. The first-order chi connectivity index (χ1) is 11.2. The first kappa shape index (κ1) is 14.0. The van der Waals surface area contributed by atoms with E-state index in [0.29, 0.717) is 5.76 Å². The van der Waals surface area contributed by atoms with Crippen molar-refractivity contribution < 1.29 is 9.34 Å². The van der Waals surface area contributed by atoms with Crippen molar-refractivity contribution in [1.29, 1.82) is 0 Å². The molecule has 7 nitrogen and oxygen atoms in total. The lowest BCUT2D eigenvalue weighted by Gasteiger charge is -2.34. The van der Waals surface area contributed by atoms with E-state index in [1.165, 1.54) is 6.07 Å². The van der Waals surface area contributed by atoms with Gasteiger partial charge in [-0.05, 0) is 24.1 Å². The number of hydrazine groups is 1. The molecule has 2 aliphatic heterocycles. The van der Waals surface area contributed by atoms with Gasteiger partial charge in [-0.3, -0.25) is 15.4 Å². The smallest absolute Gasteiger partial charge is 0.404 e. The minimum absolute atomic E-state index is 0.0295. The minimum Gasteiger partial charge on any atom is -0.404 e. The summed E-state index contributed by atoms with van der Waals surface area (Å²) in [4.78, 5) is 10.2. The molecule has 7 heteroatoms. The molecule has 1 aromatic heterocycles. The van der Waals surface area contributed by atoms with Gasteiger partial charge in [0.05, 0.1) is 24.0 Å². The second-order valence-electron chi connectivity index (χ2n) is 5.64. The molecule has 0 bridgehead atoms. The summed E-state index contributed by atoms with van der Waals surface area (Å²) >= 11 is 0. The molecule has 2 atom stereocenters. The van der Waals surface area contributed by atoms with Crippen molar-refractivity contribution in [3.63, 3.8) is 0 Å². The number of furan rings is 1. The Morgan fingerprint density at radius 3 is 2.78 bits per heavy atom. The van der Waals surface area contributed by atoms with Gasteiger partial charge in [0, 0.05) is 6.54 Å². The fraction of sp³-hybridized carbons (Fsp3) is 0.250. The van der Waals surface area contributed by atoms with Gasteiger partial charge in [-0.2, -0.15) is 0 Å². The van der Waals surface area contributed by atoms with Crippen LogP contribution in [0.1, 0.15) is 23.8 Å². The number of hydrogen-bond donors (Lipinski definition) is 2. The molecule has 0 aliphatic carbocycles. The normalized spacial score (nSPS) is 23.9. The molecule has 1 aromatic carbocycles. The van der Waals surface area contributed by atoms with Crippen LogP contribution in [0.4, 0.5) is 5.88 Å². The van der Waals surface area contributed by atoms with E-state index in [2.05, 4.69) is 34.0 Å². The maximum Gasteiger partial charge on any atom is 0.433 e. The molecule has 1 saturated heterocycles. The van der Waals surface area contributed by atoms with Crippen molar-refractivity contribution in [2.45, 2.75) is 18.6 Å². The highest BCUT2D eigenvalue weighted by Crippen LogP contribution is 2.30. The summed E-state index contributed by atoms with van der Waals surface area (Å²) in [6.45, 7) is 0.823. The first-order valence-electron chi connectivity index (χ1n) is 7.51. The van der Waals surface area contributed by atoms with Crippen LogP contribution in [0.5, 0.6) is 0 Å². The van der Waals surface area contributed by atoms with E-state index in [1.54, 1.807) is 6.07 Å². The van der Waals surface area contributed by atoms with Gasteiger partial charge in [-0.1, -0.05) is 30.3 Å². The Morgan fingerprint density at radius 1 is 1.22 bits per heavy atom. The Balaban J connectivity index is 1.52. The average molecular weight is 312 g/mol. The molecule has 2 unspecified atom stereocenters. The first-order valence-corrected chi connectivity index (χ1v) is 7.51. The van der Waals surface area contributed by atoms with E-state index >= 15 is 0 Å². The van der Waals surface area contributed by atoms with Crippen molar-refractivity contribution in [3.8, 4) is 0 Å². The van der Waals surface area contributed by atoms with Crippen LogP contribution in [0, 0.1) is 10.1 Å². The molecule has 1 fully saturated rings. The van der Waals surface area contributed by atoms with Crippen LogP contribution in [0.2, 0.25) is 0 Å². The van der Waals surface area contributed by atoms with Crippen LogP contribution in [-0.4, -0.2) is 22.6 Å². The number of benzene rings is 1. The summed E-state index contributed by atoms with van der Waals surface area (Å²) in [6.07, 6.45) is 2.97. The highest BCUT2D eigenvalue weighted by atomic mass is 16.6. The van der Waals surface area contributed by atoms with Gasteiger partial charge in [-0.25, -0.2) is 5.01 Å². The predicted octanol–water partition coefficient (Wildman–Crippen LogP) is 2.41.